The summed E-state index contributed by atoms with van der Waals surface area (Å²) >= 11 is 0. The van der Waals surface area contributed by atoms with E-state index >= 15 is 0 Å². The fourth-order valence-corrected chi connectivity index (χ4v) is 0.960. The van der Waals surface area contributed by atoms with Gasteiger partial charge in [-0.05, 0) is 12.5 Å². The molecule has 0 N–H and O–H groups in total. The van der Waals surface area contributed by atoms with Gasteiger partial charge in [0.1, 0.15) is 6.29 Å². The second-order valence-corrected chi connectivity index (χ2v) is 2.49. The zero-order valence-corrected chi connectivity index (χ0v) is 6.86. The fraction of sp³-hybridized carbons (Fsp3) is 0.375. The van der Waals surface area contributed by atoms with Crippen LogP contribution in [0.2, 0.25) is 0 Å². The molecule has 1 rings (SSSR count). The summed E-state index contributed by atoms with van der Waals surface area (Å²) < 4.78 is 1.26. The molecule has 0 unspecified atom stereocenters. The average molecular weight is 166 g/mol. The van der Waals surface area contributed by atoms with Gasteiger partial charge in [-0.3, -0.25) is 4.79 Å². The number of aryl methyl sites for hydroxylation is 2. The first-order chi connectivity index (χ1) is 5.75. The van der Waals surface area contributed by atoms with E-state index in [1.807, 2.05) is 0 Å². The Morgan fingerprint density at radius 1 is 1.67 bits per heavy atom. The standard InChI is InChI=1S/C8H10N2O2/c1-10-8(12)7(3-2-6-11)4-5-9-10/h4-6H,2-3H2,1H3. The summed E-state index contributed by atoms with van der Waals surface area (Å²) in [7, 11) is 1.59. The third-order valence-electron chi connectivity index (χ3n) is 1.62. The van der Waals surface area contributed by atoms with Crippen molar-refractivity contribution in [2.24, 2.45) is 7.05 Å². The highest BCUT2D eigenvalue weighted by Gasteiger charge is 1.99. The minimum atomic E-state index is -0.126. The van der Waals surface area contributed by atoms with Crippen LogP contribution in [-0.4, -0.2) is 16.1 Å². The Morgan fingerprint density at radius 3 is 3.08 bits per heavy atom. The number of aldehydes is 1. The van der Waals surface area contributed by atoms with Crippen LogP contribution < -0.4 is 5.56 Å². The number of hydrogen-bond acceptors (Lipinski definition) is 3. The molecule has 0 aromatic carbocycles. The maximum atomic E-state index is 11.3. The van der Waals surface area contributed by atoms with Crippen LogP contribution in [0.3, 0.4) is 0 Å². The number of aromatic nitrogens is 2. The summed E-state index contributed by atoms with van der Waals surface area (Å²) in [5, 5.41) is 3.76. The van der Waals surface area contributed by atoms with Crippen molar-refractivity contribution in [2.45, 2.75) is 12.8 Å². The zero-order valence-electron chi connectivity index (χ0n) is 6.86. The van der Waals surface area contributed by atoms with E-state index in [2.05, 4.69) is 5.10 Å². The molecule has 4 heteroatoms. The van der Waals surface area contributed by atoms with E-state index in [4.69, 9.17) is 0 Å². The quantitative estimate of drug-likeness (QED) is 0.590. The van der Waals surface area contributed by atoms with Crippen molar-refractivity contribution in [3.8, 4) is 0 Å². The highest BCUT2D eigenvalue weighted by atomic mass is 16.1. The van der Waals surface area contributed by atoms with Gasteiger partial charge in [-0.1, -0.05) is 0 Å². The molecule has 0 atom stereocenters. The molecule has 0 saturated heterocycles. The van der Waals surface area contributed by atoms with Gasteiger partial charge < -0.3 is 4.79 Å². The van der Waals surface area contributed by atoms with Gasteiger partial charge in [-0.25, -0.2) is 4.68 Å². The van der Waals surface area contributed by atoms with E-state index in [0.717, 1.165) is 6.29 Å². The summed E-state index contributed by atoms with van der Waals surface area (Å²) in [4.78, 5) is 21.3. The highest BCUT2D eigenvalue weighted by molar-refractivity contribution is 5.49. The lowest BCUT2D eigenvalue weighted by Crippen LogP contribution is -2.22. The molecule has 0 spiro atoms. The third-order valence-corrected chi connectivity index (χ3v) is 1.62. The molecule has 0 aliphatic heterocycles. The molecule has 0 radical (unpaired) electrons. The van der Waals surface area contributed by atoms with Gasteiger partial charge in [0.05, 0.1) is 0 Å². The largest absolute Gasteiger partial charge is 0.303 e. The summed E-state index contributed by atoms with van der Waals surface area (Å²) in [6, 6.07) is 1.64. The van der Waals surface area contributed by atoms with Crippen molar-refractivity contribution < 1.29 is 4.79 Å². The second-order valence-electron chi connectivity index (χ2n) is 2.49. The van der Waals surface area contributed by atoms with Gasteiger partial charge in [0.25, 0.3) is 5.56 Å². The first-order valence-corrected chi connectivity index (χ1v) is 3.70. The van der Waals surface area contributed by atoms with E-state index in [0.29, 0.717) is 18.4 Å². The predicted octanol–water partition coefficient (Wildman–Crippen LogP) is -0.0882. The Kier molecular flexibility index (Phi) is 2.74. The Bertz CT molecular complexity index is 330. The van der Waals surface area contributed by atoms with Crippen LogP contribution in [0.15, 0.2) is 17.1 Å². The zero-order chi connectivity index (χ0) is 8.97. The summed E-state index contributed by atoms with van der Waals surface area (Å²) in [6.45, 7) is 0. The average Bonchev–Trinajstić information content (AvgIpc) is 2.08. The van der Waals surface area contributed by atoms with Crippen molar-refractivity contribution in [2.75, 3.05) is 0 Å². The maximum Gasteiger partial charge on any atom is 0.269 e. The monoisotopic (exact) mass is 166 g/mol. The third kappa shape index (κ3) is 1.78. The summed E-state index contributed by atoms with van der Waals surface area (Å²) in [5.41, 5.74) is 0.513. The Morgan fingerprint density at radius 2 is 2.42 bits per heavy atom. The first kappa shape index (κ1) is 8.64. The lowest BCUT2D eigenvalue weighted by molar-refractivity contribution is -0.107. The maximum absolute atomic E-state index is 11.3. The van der Waals surface area contributed by atoms with Crippen LogP contribution in [0.25, 0.3) is 0 Å². The van der Waals surface area contributed by atoms with Crippen molar-refractivity contribution in [3.05, 3.63) is 28.2 Å². The molecule has 64 valence electrons. The molecule has 0 bridgehead atoms. The molecular formula is C8H10N2O2. The number of nitrogens with zero attached hydrogens (tertiary/aromatic N) is 2. The lowest BCUT2D eigenvalue weighted by Gasteiger charge is -1.98. The topological polar surface area (TPSA) is 52.0 Å². The van der Waals surface area contributed by atoms with Crippen LogP contribution >= 0.6 is 0 Å². The smallest absolute Gasteiger partial charge is 0.269 e. The molecule has 4 nitrogen and oxygen atoms in total. The van der Waals surface area contributed by atoms with Crippen LogP contribution in [0, 0.1) is 0 Å². The number of hydrogen-bond donors (Lipinski definition) is 0. The molecule has 0 aliphatic rings. The van der Waals surface area contributed by atoms with Crippen LogP contribution in [0.1, 0.15) is 12.0 Å². The van der Waals surface area contributed by atoms with Crippen LogP contribution in [0.4, 0.5) is 0 Å². The predicted molar refractivity (Wildman–Crippen MR) is 43.9 cm³/mol. The van der Waals surface area contributed by atoms with Gasteiger partial charge in [0.15, 0.2) is 0 Å². The summed E-state index contributed by atoms with van der Waals surface area (Å²) in [5.74, 6) is 0. The van der Waals surface area contributed by atoms with Gasteiger partial charge in [0.2, 0.25) is 0 Å². The van der Waals surface area contributed by atoms with E-state index < -0.39 is 0 Å². The normalized spacial score (nSPS) is 9.75. The number of carbonyl (C=O) groups excluding carboxylic acids is 1. The van der Waals surface area contributed by atoms with Crippen LogP contribution in [0.5, 0.6) is 0 Å². The number of carbonyl (C=O) groups is 1. The lowest BCUT2D eigenvalue weighted by atomic mass is 10.2. The molecule has 1 aromatic rings. The Labute approximate surface area is 69.8 Å². The van der Waals surface area contributed by atoms with E-state index in [9.17, 15) is 9.59 Å². The minimum Gasteiger partial charge on any atom is -0.303 e. The van der Waals surface area contributed by atoms with Crippen molar-refractivity contribution >= 4 is 6.29 Å². The molecule has 12 heavy (non-hydrogen) atoms. The van der Waals surface area contributed by atoms with Gasteiger partial charge in [-0.2, -0.15) is 5.10 Å². The molecule has 0 saturated carbocycles. The fourth-order valence-electron chi connectivity index (χ4n) is 0.960. The van der Waals surface area contributed by atoms with E-state index in [1.54, 1.807) is 19.3 Å². The first-order valence-electron chi connectivity index (χ1n) is 3.70. The molecule has 1 heterocycles. The van der Waals surface area contributed by atoms with Crippen LogP contribution in [-0.2, 0) is 18.3 Å². The molecule has 0 fully saturated rings. The Hall–Kier alpha value is -1.45. The molecule has 1 aromatic heterocycles. The van der Waals surface area contributed by atoms with E-state index in [1.165, 1.54) is 4.68 Å². The van der Waals surface area contributed by atoms with Gasteiger partial charge >= 0.3 is 0 Å². The van der Waals surface area contributed by atoms with Gasteiger partial charge in [0, 0.05) is 25.2 Å². The number of rotatable bonds is 3. The van der Waals surface area contributed by atoms with E-state index in [-0.39, 0.29) is 5.56 Å². The Balaban J connectivity index is 2.92. The minimum absolute atomic E-state index is 0.126. The summed E-state index contributed by atoms with van der Waals surface area (Å²) in [6.07, 6.45) is 3.25. The van der Waals surface area contributed by atoms with Crippen molar-refractivity contribution in [3.63, 3.8) is 0 Å². The molecule has 0 amide bonds. The highest BCUT2D eigenvalue weighted by Crippen LogP contribution is 1.92. The van der Waals surface area contributed by atoms with Crippen molar-refractivity contribution in [1.82, 2.24) is 9.78 Å². The van der Waals surface area contributed by atoms with Gasteiger partial charge in [-0.15, -0.1) is 0 Å². The molecule has 0 aliphatic carbocycles. The second kappa shape index (κ2) is 3.80. The van der Waals surface area contributed by atoms with Crippen molar-refractivity contribution in [1.29, 1.82) is 0 Å². The SMILES string of the molecule is Cn1nccc(CCC=O)c1=O. The molecular weight excluding hydrogens is 156 g/mol.